The van der Waals surface area contributed by atoms with Gasteiger partial charge in [0, 0.05) is 5.39 Å². The Balaban J connectivity index is 2.09. The Morgan fingerprint density at radius 2 is 1.95 bits per heavy atom. The molecule has 3 nitrogen and oxygen atoms in total. The van der Waals surface area contributed by atoms with Gasteiger partial charge in [0.1, 0.15) is 17.6 Å². The number of fused-ring (bicyclic) bond motifs is 1. The molecule has 102 valence electrons. The molecule has 0 aliphatic rings. The van der Waals surface area contributed by atoms with E-state index in [-0.39, 0.29) is 5.82 Å². The van der Waals surface area contributed by atoms with Gasteiger partial charge in [-0.3, -0.25) is 5.84 Å². The van der Waals surface area contributed by atoms with Crippen LogP contribution in [-0.4, -0.2) is 0 Å². The maximum atomic E-state index is 13.3. The molecule has 1 aromatic heterocycles. The van der Waals surface area contributed by atoms with Gasteiger partial charge in [-0.15, -0.1) is 0 Å². The van der Waals surface area contributed by atoms with Crippen LogP contribution in [0.25, 0.3) is 11.0 Å². The molecule has 0 amide bonds. The average molecular weight is 291 g/mol. The van der Waals surface area contributed by atoms with Crippen LogP contribution in [0.5, 0.6) is 0 Å². The van der Waals surface area contributed by atoms with Crippen LogP contribution in [0.2, 0.25) is 5.02 Å². The van der Waals surface area contributed by atoms with E-state index >= 15 is 0 Å². The highest BCUT2D eigenvalue weighted by Crippen LogP contribution is 2.31. The first kappa shape index (κ1) is 13.1. The lowest BCUT2D eigenvalue weighted by Gasteiger charge is -2.13. The fourth-order valence-electron chi connectivity index (χ4n) is 2.22. The van der Waals surface area contributed by atoms with Crippen LogP contribution in [0.1, 0.15) is 17.4 Å². The lowest BCUT2D eigenvalue weighted by Crippen LogP contribution is -2.28. The smallest absolute Gasteiger partial charge is 0.152 e. The predicted octanol–water partition coefficient (Wildman–Crippen LogP) is 3.78. The molecule has 0 spiro atoms. The average Bonchev–Trinajstić information content (AvgIpc) is 2.85. The van der Waals surface area contributed by atoms with Gasteiger partial charge in [-0.1, -0.05) is 35.9 Å². The molecule has 3 rings (SSSR count). The van der Waals surface area contributed by atoms with Crippen molar-refractivity contribution in [3.63, 3.8) is 0 Å². The molecule has 0 bridgehead atoms. The highest BCUT2D eigenvalue weighted by molar-refractivity contribution is 6.34. The number of nitrogens with two attached hydrogens (primary N) is 1. The van der Waals surface area contributed by atoms with Gasteiger partial charge in [-0.25, -0.2) is 9.82 Å². The van der Waals surface area contributed by atoms with Gasteiger partial charge in [-0.2, -0.15) is 0 Å². The van der Waals surface area contributed by atoms with E-state index in [1.807, 2.05) is 18.2 Å². The van der Waals surface area contributed by atoms with E-state index in [1.54, 1.807) is 18.2 Å². The standard InChI is InChI=1S/C15H12ClFN2O/c16-12-6-2-4-10-8-13(20-15(10)12)14(19-18)9-3-1-5-11(17)7-9/h1-8,14,19H,18H2. The minimum absolute atomic E-state index is 0.322. The molecule has 1 heterocycles. The van der Waals surface area contributed by atoms with Crippen molar-refractivity contribution < 1.29 is 8.81 Å². The van der Waals surface area contributed by atoms with Crippen molar-refractivity contribution in [2.75, 3.05) is 0 Å². The molecule has 5 heteroatoms. The summed E-state index contributed by atoms with van der Waals surface area (Å²) in [5.74, 6) is 5.84. The Kier molecular flexibility index (Phi) is 3.44. The fourth-order valence-corrected chi connectivity index (χ4v) is 2.44. The van der Waals surface area contributed by atoms with Gasteiger partial charge in [0.15, 0.2) is 5.58 Å². The summed E-state index contributed by atoms with van der Waals surface area (Å²) >= 11 is 6.08. The van der Waals surface area contributed by atoms with Crippen LogP contribution < -0.4 is 11.3 Å². The number of rotatable bonds is 3. The van der Waals surface area contributed by atoms with E-state index in [4.69, 9.17) is 21.9 Å². The quantitative estimate of drug-likeness (QED) is 0.570. The second-order valence-corrected chi connectivity index (χ2v) is 4.87. The van der Waals surface area contributed by atoms with Gasteiger partial charge < -0.3 is 4.42 Å². The Morgan fingerprint density at radius 3 is 2.65 bits per heavy atom. The maximum Gasteiger partial charge on any atom is 0.152 e. The number of benzene rings is 2. The Hall–Kier alpha value is -1.88. The first-order chi connectivity index (χ1) is 9.69. The van der Waals surface area contributed by atoms with Crippen molar-refractivity contribution >= 4 is 22.6 Å². The summed E-state index contributed by atoms with van der Waals surface area (Å²) in [6.45, 7) is 0. The molecular weight excluding hydrogens is 279 g/mol. The second kappa shape index (κ2) is 5.25. The first-order valence-electron chi connectivity index (χ1n) is 6.08. The van der Waals surface area contributed by atoms with Crippen molar-refractivity contribution in [2.24, 2.45) is 5.84 Å². The summed E-state index contributed by atoms with van der Waals surface area (Å²) in [6.07, 6.45) is 0. The normalized spacial score (nSPS) is 12.8. The van der Waals surface area contributed by atoms with Gasteiger partial charge in [0.2, 0.25) is 0 Å². The van der Waals surface area contributed by atoms with Gasteiger partial charge >= 0.3 is 0 Å². The minimum Gasteiger partial charge on any atom is -0.457 e. The van der Waals surface area contributed by atoms with Crippen molar-refractivity contribution in [1.82, 2.24) is 5.43 Å². The minimum atomic E-state index is -0.436. The van der Waals surface area contributed by atoms with Crippen LogP contribution >= 0.6 is 11.6 Å². The number of para-hydroxylation sites is 1. The first-order valence-corrected chi connectivity index (χ1v) is 6.46. The van der Waals surface area contributed by atoms with Crippen molar-refractivity contribution in [3.8, 4) is 0 Å². The molecule has 3 N–H and O–H groups in total. The molecule has 2 aromatic carbocycles. The molecule has 1 atom stereocenters. The number of halogens is 2. The van der Waals surface area contributed by atoms with Crippen LogP contribution in [0, 0.1) is 5.82 Å². The Morgan fingerprint density at radius 1 is 1.15 bits per heavy atom. The molecule has 0 saturated heterocycles. The molecule has 1 unspecified atom stereocenters. The summed E-state index contributed by atoms with van der Waals surface area (Å²) in [5.41, 5.74) is 3.92. The summed E-state index contributed by atoms with van der Waals surface area (Å²) < 4.78 is 19.1. The highest BCUT2D eigenvalue weighted by Gasteiger charge is 2.18. The van der Waals surface area contributed by atoms with E-state index in [0.29, 0.717) is 21.9 Å². The number of hydrazine groups is 1. The van der Waals surface area contributed by atoms with E-state index in [1.165, 1.54) is 12.1 Å². The maximum absolute atomic E-state index is 13.3. The third-order valence-electron chi connectivity index (χ3n) is 3.15. The Labute approximate surface area is 120 Å². The molecule has 0 radical (unpaired) electrons. The van der Waals surface area contributed by atoms with Gasteiger partial charge in [0.05, 0.1) is 5.02 Å². The highest BCUT2D eigenvalue weighted by atomic mass is 35.5. The summed E-state index contributed by atoms with van der Waals surface area (Å²) in [4.78, 5) is 0. The second-order valence-electron chi connectivity index (χ2n) is 4.46. The zero-order valence-corrected chi connectivity index (χ0v) is 11.2. The van der Waals surface area contributed by atoms with E-state index in [9.17, 15) is 4.39 Å². The number of hydrogen-bond donors (Lipinski definition) is 2. The van der Waals surface area contributed by atoms with E-state index in [0.717, 1.165) is 5.39 Å². The van der Waals surface area contributed by atoms with Crippen LogP contribution in [0.3, 0.4) is 0 Å². The van der Waals surface area contributed by atoms with Gasteiger partial charge in [0.25, 0.3) is 0 Å². The number of furan rings is 1. The monoisotopic (exact) mass is 290 g/mol. The number of nitrogens with one attached hydrogen (secondary N) is 1. The zero-order chi connectivity index (χ0) is 14.1. The van der Waals surface area contributed by atoms with E-state index in [2.05, 4.69) is 5.43 Å². The van der Waals surface area contributed by atoms with Crippen molar-refractivity contribution in [1.29, 1.82) is 0 Å². The largest absolute Gasteiger partial charge is 0.457 e. The van der Waals surface area contributed by atoms with Crippen LogP contribution in [0.4, 0.5) is 4.39 Å². The van der Waals surface area contributed by atoms with Crippen LogP contribution in [-0.2, 0) is 0 Å². The van der Waals surface area contributed by atoms with E-state index < -0.39 is 6.04 Å². The lowest BCUT2D eigenvalue weighted by atomic mass is 10.0. The summed E-state index contributed by atoms with van der Waals surface area (Å²) in [7, 11) is 0. The molecule has 0 fully saturated rings. The molecular formula is C15H12ClFN2O. The molecule has 3 aromatic rings. The predicted molar refractivity (Wildman–Crippen MR) is 76.8 cm³/mol. The van der Waals surface area contributed by atoms with Gasteiger partial charge in [-0.05, 0) is 29.8 Å². The fraction of sp³-hybridized carbons (Fsp3) is 0.0667. The summed E-state index contributed by atoms with van der Waals surface area (Å²) in [6, 6.07) is 13.1. The SMILES string of the molecule is NNC(c1cccc(F)c1)c1cc2cccc(Cl)c2o1. The molecule has 20 heavy (non-hydrogen) atoms. The van der Waals surface area contributed by atoms with Crippen molar-refractivity contribution in [3.05, 3.63) is 70.7 Å². The Bertz CT molecular complexity index is 756. The number of hydrogen-bond acceptors (Lipinski definition) is 3. The topological polar surface area (TPSA) is 51.2 Å². The third kappa shape index (κ3) is 2.29. The lowest BCUT2D eigenvalue weighted by molar-refractivity contribution is 0.475. The third-order valence-corrected chi connectivity index (χ3v) is 3.45. The molecule has 0 saturated carbocycles. The van der Waals surface area contributed by atoms with Crippen LogP contribution in [0.15, 0.2) is 52.9 Å². The molecule has 0 aliphatic heterocycles. The summed E-state index contributed by atoms with van der Waals surface area (Å²) in [5, 5.41) is 1.41. The zero-order valence-electron chi connectivity index (χ0n) is 10.4. The molecule has 0 aliphatic carbocycles. The van der Waals surface area contributed by atoms with Crippen molar-refractivity contribution in [2.45, 2.75) is 6.04 Å².